The summed E-state index contributed by atoms with van der Waals surface area (Å²) in [6.45, 7) is 0.405. The molecule has 0 amide bonds. The predicted octanol–water partition coefficient (Wildman–Crippen LogP) is 1.95. The normalized spacial score (nSPS) is 10.1. The minimum absolute atomic E-state index is 0.157. The third-order valence-electron chi connectivity index (χ3n) is 2.39. The Balaban J connectivity index is 2.18. The molecule has 0 saturated carbocycles. The molecule has 18 heavy (non-hydrogen) atoms. The first-order chi connectivity index (χ1) is 8.70. The predicted molar refractivity (Wildman–Crippen MR) is 63.7 cm³/mol. The molecule has 1 aromatic heterocycles. The van der Waals surface area contributed by atoms with Crippen molar-refractivity contribution in [2.45, 2.75) is 6.54 Å². The maximum absolute atomic E-state index is 13.1. The summed E-state index contributed by atoms with van der Waals surface area (Å²) >= 11 is 0. The Bertz CT molecular complexity index is 540. The zero-order valence-electron chi connectivity index (χ0n) is 9.74. The van der Waals surface area contributed by atoms with E-state index in [2.05, 4.69) is 20.0 Å². The lowest BCUT2D eigenvalue weighted by atomic mass is 10.1. The van der Waals surface area contributed by atoms with Gasteiger partial charge in [0.15, 0.2) is 0 Å². The molecule has 2 aromatic rings. The van der Waals surface area contributed by atoms with Gasteiger partial charge < -0.3 is 15.0 Å². The van der Waals surface area contributed by atoms with E-state index in [1.54, 1.807) is 12.4 Å². The minimum Gasteiger partial charge on any atom is -0.465 e. The highest BCUT2D eigenvalue weighted by Gasteiger charge is 2.13. The van der Waals surface area contributed by atoms with Crippen molar-refractivity contribution in [1.82, 2.24) is 9.97 Å². The number of ether oxygens (including phenoxy) is 1. The van der Waals surface area contributed by atoms with Gasteiger partial charge in [-0.15, -0.1) is 0 Å². The number of methoxy groups -OCH3 is 1. The molecule has 0 aliphatic heterocycles. The molecule has 0 spiro atoms. The number of aromatic amines is 1. The van der Waals surface area contributed by atoms with Crippen molar-refractivity contribution < 1.29 is 13.9 Å². The van der Waals surface area contributed by atoms with E-state index in [1.807, 2.05) is 0 Å². The largest absolute Gasteiger partial charge is 0.465 e. The minimum atomic E-state index is -0.587. The van der Waals surface area contributed by atoms with Crippen molar-refractivity contribution in [1.29, 1.82) is 0 Å². The molecule has 0 fully saturated rings. The summed E-state index contributed by atoms with van der Waals surface area (Å²) in [6, 6.07) is 3.90. The number of rotatable bonds is 4. The first-order valence-corrected chi connectivity index (χ1v) is 5.30. The number of hydrogen-bond donors (Lipinski definition) is 2. The van der Waals surface area contributed by atoms with Crippen LogP contribution in [0.1, 0.15) is 16.2 Å². The molecule has 6 heteroatoms. The van der Waals surface area contributed by atoms with Crippen molar-refractivity contribution in [3.05, 3.63) is 47.8 Å². The SMILES string of the molecule is COC(=O)c1cc(F)ccc1NCc1ncc[nH]1. The van der Waals surface area contributed by atoms with E-state index >= 15 is 0 Å². The van der Waals surface area contributed by atoms with E-state index in [4.69, 9.17) is 0 Å². The van der Waals surface area contributed by atoms with Crippen molar-refractivity contribution in [2.75, 3.05) is 12.4 Å². The molecule has 0 atom stereocenters. The molecule has 0 aliphatic rings. The van der Waals surface area contributed by atoms with E-state index in [1.165, 1.54) is 19.2 Å². The van der Waals surface area contributed by atoms with Crippen LogP contribution in [0.5, 0.6) is 0 Å². The van der Waals surface area contributed by atoms with Gasteiger partial charge in [-0.25, -0.2) is 14.2 Å². The summed E-state index contributed by atoms with van der Waals surface area (Å²) < 4.78 is 17.7. The number of H-pyrrole nitrogens is 1. The monoisotopic (exact) mass is 249 g/mol. The average Bonchev–Trinajstić information content (AvgIpc) is 2.89. The van der Waals surface area contributed by atoms with Crippen LogP contribution >= 0.6 is 0 Å². The van der Waals surface area contributed by atoms with Crippen LogP contribution in [-0.4, -0.2) is 23.0 Å². The number of carbonyl (C=O) groups excluding carboxylic acids is 1. The molecule has 0 saturated heterocycles. The van der Waals surface area contributed by atoms with E-state index in [9.17, 15) is 9.18 Å². The average molecular weight is 249 g/mol. The third-order valence-corrected chi connectivity index (χ3v) is 2.39. The van der Waals surface area contributed by atoms with E-state index in [0.29, 0.717) is 12.2 Å². The Hall–Kier alpha value is -2.37. The van der Waals surface area contributed by atoms with Crippen molar-refractivity contribution in [2.24, 2.45) is 0 Å². The number of halogens is 1. The Labute approximate surface area is 103 Å². The van der Waals surface area contributed by atoms with Gasteiger partial charge in [0.1, 0.15) is 11.6 Å². The van der Waals surface area contributed by atoms with Crippen LogP contribution < -0.4 is 5.32 Å². The lowest BCUT2D eigenvalue weighted by Gasteiger charge is -2.09. The number of nitrogens with zero attached hydrogens (tertiary/aromatic N) is 1. The zero-order valence-corrected chi connectivity index (χ0v) is 9.74. The summed E-state index contributed by atoms with van der Waals surface area (Å²) in [7, 11) is 1.25. The molecule has 0 bridgehead atoms. The van der Waals surface area contributed by atoms with Crippen LogP contribution in [0.2, 0.25) is 0 Å². The summed E-state index contributed by atoms with van der Waals surface area (Å²) in [6.07, 6.45) is 3.33. The van der Waals surface area contributed by atoms with Gasteiger partial charge in [-0.3, -0.25) is 0 Å². The molecule has 0 unspecified atom stereocenters. The molecule has 1 aromatic carbocycles. The fourth-order valence-corrected chi connectivity index (χ4v) is 1.52. The molecule has 94 valence electrons. The van der Waals surface area contributed by atoms with Crippen molar-refractivity contribution in [3.63, 3.8) is 0 Å². The topological polar surface area (TPSA) is 67.0 Å². The van der Waals surface area contributed by atoms with Gasteiger partial charge in [-0.05, 0) is 18.2 Å². The lowest BCUT2D eigenvalue weighted by Crippen LogP contribution is -2.09. The highest BCUT2D eigenvalue weighted by molar-refractivity contribution is 5.95. The fourth-order valence-electron chi connectivity index (χ4n) is 1.52. The van der Waals surface area contributed by atoms with Gasteiger partial charge in [0, 0.05) is 18.1 Å². The van der Waals surface area contributed by atoms with Crippen molar-refractivity contribution >= 4 is 11.7 Å². The molecular formula is C12H12FN3O2. The number of aromatic nitrogens is 2. The number of esters is 1. The second-order valence-corrected chi connectivity index (χ2v) is 3.57. The van der Waals surface area contributed by atoms with Gasteiger partial charge in [-0.2, -0.15) is 0 Å². The van der Waals surface area contributed by atoms with Gasteiger partial charge in [0.2, 0.25) is 0 Å². The first kappa shape index (κ1) is 12.1. The molecular weight excluding hydrogens is 237 g/mol. The van der Waals surface area contributed by atoms with Gasteiger partial charge in [-0.1, -0.05) is 0 Å². The molecule has 0 aliphatic carbocycles. The number of nitrogens with one attached hydrogen (secondary N) is 2. The van der Waals surface area contributed by atoms with Crippen LogP contribution in [-0.2, 0) is 11.3 Å². The first-order valence-electron chi connectivity index (χ1n) is 5.30. The number of anilines is 1. The Morgan fingerprint density at radius 3 is 3.06 bits per heavy atom. The Morgan fingerprint density at radius 1 is 1.56 bits per heavy atom. The van der Waals surface area contributed by atoms with E-state index in [0.717, 1.165) is 11.9 Å². The van der Waals surface area contributed by atoms with Gasteiger partial charge in [0.05, 0.1) is 19.2 Å². The number of benzene rings is 1. The number of carbonyl (C=O) groups is 1. The quantitative estimate of drug-likeness (QED) is 0.813. The molecule has 2 N–H and O–H groups in total. The van der Waals surface area contributed by atoms with Crippen LogP contribution in [0.3, 0.4) is 0 Å². The Kier molecular flexibility index (Phi) is 3.57. The molecule has 0 radical (unpaired) electrons. The highest BCUT2D eigenvalue weighted by Crippen LogP contribution is 2.18. The van der Waals surface area contributed by atoms with E-state index in [-0.39, 0.29) is 5.56 Å². The standard InChI is InChI=1S/C12H12FN3O2/c1-18-12(17)9-6-8(13)2-3-10(9)16-7-11-14-4-5-15-11/h2-6,16H,7H2,1H3,(H,14,15). The third kappa shape index (κ3) is 2.65. The van der Waals surface area contributed by atoms with Crippen LogP contribution in [0.4, 0.5) is 10.1 Å². The van der Waals surface area contributed by atoms with Crippen LogP contribution in [0.25, 0.3) is 0 Å². The van der Waals surface area contributed by atoms with Gasteiger partial charge >= 0.3 is 5.97 Å². The fraction of sp³-hybridized carbons (Fsp3) is 0.167. The van der Waals surface area contributed by atoms with Crippen molar-refractivity contribution in [3.8, 4) is 0 Å². The zero-order chi connectivity index (χ0) is 13.0. The number of imidazole rings is 1. The maximum atomic E-state index is 13.1. The van der Waals surface area contributed by atoms with Gasteiger partial charge in [0.25, 0.3) is 0 Å². The van der Waals surface area contributed by atoms with Crippen LogP contribution in [0.15, 0.2) is 30.6 Å². The summed E-state index contributed by atoms with van der Waals surface area (Å²) in [4.78, 5) is 18.4. The summed E-state index contributed by atoms with van der Waals surface area (Å²) in [5.41, 5.74) is 0.656. The Morgan fingerprint density at radius 2 is 2.39 bits per heavy atom. The second kappa shape index (κ2) is 5.31. The van der Waals surface area contributed by atoms with E-state index < -0.39 is 11.8 Å². The molecule has 2 rings (SSSR count). The number of hydrogen-bond acceptors (Lipinski definition) is 4. The molecule has 1 heterocycles. The maximum Gasteiger partial charge on any atom is 0.340 e. The lowest BCUT2D eigenvalue weighted by molar-refractivity contribution is 0.0601. The molecule has 5 nitrogen and oxygen atoms in total. The smallest absolute Gasteiger partial charge is 0.340 e. The second-order valence-electron chi connectivity index (χ2n) is 3.57. The van der Waals surface area contributed by atoms with Crippen LogP contribution in [0, 0.1) is 5.82 Å². The summed E-state index contributed by atoms with van der Waals surface area (Å²) in [5, 5.41) is 3.00. The summed E-state index contributed by atoms with van der Waals surface area (Å²) in [5.74, 6) is -0.356. The highest BCUT2D eigenvalue weighted by atomic mass is 19.1.